The van der Waals surface area contributed by atoms with Crippen LogP contribution in [0.15, 0.2) is 36.4 Å². The van der Waals surface area contributed by atoms with Gasteiger partial charge in [-0.3, -0.25) is 9.69 Å². The van der Waals surface area contributed by atoms with Crippen molar-refractivity contribution >= 4 is 12.0 Å². The standard InChI is InChI=1S/C15H20N2O/c1-2-17(14-10-11-16-15(14)18)12-6-9-13-7-4-3-5-8-13/h3-9,14H,2,10-12H2,1H3,(H,16,18)/b9-6+/t14-/m1/s1. The first-order chi connectivity index (χ1) is 8.81. The highest BCUT2D eigenvalue weighted by molar-refractivity contribution is 5.83. The van der Waals surface area contributed by atoms with Crippen molar-refractivity contribution in [1.29, 1.82) is 0 Å². The Morgan fingerprint density at radius 1 is 1.39 bits per heavy atom. The van der Waals surface area contributed by atoms with Crippen molar-refractivity contribution in [2.75, 3.05) is 19.6 Å². The highest BCUT2D eigenvalue weighted by atomic mass is 16.2. The minimum atomic E-state index is 0.0513. The van der Waals surface area contributed by atoms with E-state index in [1.54, 1.807) is 0 Å². The summed E-state index contributed by atoms with van der Waals surface area (Å²) in [5.41, 5.74) is 1.20. The molecule has 3 heteroatoms. The summed E-state index contributed by atoms with van der Waals surface area (Å²) in [5, 5.41) is 2.89. The first-order valence-electron chi connectivity index (χ1n) is 6.54. The molecule has 1 fully saturated rings. The highest BCUT2D eigenvalue weighted by Gasteiger charge is 2.28. The Bertz CT molecular complexity index is 414. The van der Waals surface area contributed by atoms with Gasteiger partial charge in [0.15, 0.2) is 0 Å². The van der Waals surface area contributed by atoms with Crippen LogP contribution < -0.4 is 5.32 Å². The van der Waals surface area contributed by atoms with Crippen molar-refractivity contribution in [3.05, 3.63) is 42.0 Å². The fourth-order valence-electron chi connectivity index (χ4n) is 2.29. The molecule has 1 atom stereocenters. The van der Waals surface area contributed by atoms with Gasteiger partial charge in [0.25, 0.3) is 0 Å². The van der Waals surface area contributed by atoms with E-state index in [4.69, 9.17) is 0 Å². The second-order valence-corrected chi connectivity index (χ2v) is 4.50. The molecule has 18 heavy (non-hydrogen) atoms. The molecule has 0 saturated carbocycles. The lowest BCUT2D eigenvalue weighted by molar-refractivity contribution is -0.123. The molecule has 1 aliphatic rings. The molecule has 1 amide bonds. The summed E-state index contributed by atoms with van der Waals surface area (Å²) in [6.07, 6.45) is 5.16. The van der Waals surface area contributed by atoms with Gasteiger partial charge in [-0.25, -0.2) is 0 Å². The van der Waals surface area contributed by atoms with Crippen LogP contribution in [0.25, 0.3) is 6.08 Å². The van der Waals surface area contributed by atoms with E-state index in [2.05, 4.69) is 41.4 Å². The van der Waals surface area contributed by atoms with Gasteiger partial charge in [-0.15, -0.1) is 0 Å². The van der Waals surface area contributed by atoms with Crippen molar-refractivity contribution in [2.45, 2.75) is 19.4 Å². The van der Waals surface area contributed by atoms with Crippen LogP contribution >= 0.6 is 0 Å². The number of nitrogens with zero attached hydrogens (tertiary/aromatic N) is 1. The monoisotopic (exact) mass is 244 g/mol. The van der Waals surface area contributed by atoms with E-state index in [1.807, 2.05) is 18.2 Å². The van der Waals surface area contributed by atoms with Crippen molar-refractivity contribution in [3.63, 3.8) is 0 Å². The normalized spacial score (nSPS) is 19.7. The summed E-state index contributed by atoms with van der Waals surface area (Å²) in [6.45, 7) is 4.63. The second kappa shape index (κ2) is 6.36. The molecule has 1 saturated heterocycles. The van der Waals surface area contributed by atoms with E-state index in [9.17, 15) is 4.79 Å². The van der Waals surface area contributed by atoms with Gasteiger partial charge in [-0.1, -0.05) is 49.4 Å². The molecule has 96 valence electrons. The van der Waals surface area contributed by atoms with Crippen LogP contribution in [0.3, 0.4) is 0 Å². The molecule has 1 aromatic rings. The minimum absolute atomic E-state index is 0.0513. The lowest BCUT2D eigenvalue weighted by atomic mass is 10.2. The highest BCUT2D eigenvalue weighted by Crippen LogP contribution is 2.10. The number of amides is 1. The van der Waals surface area contributed by atoms with Crippen molar-refractivity contribution in [3.8, 4) is 0 Å². The average molecular weight is 244 g/mol. The Kier molecular flexibility index (Phi) is 4.53. The van der Waals surface area contributed by atoms with Gasteiger partial charge >= 0.3 is 0 Å². The summed E-state index contributed by atoms with van der Waals surface area (Å²) in [4.78, 5) is 13.8. The zero-order chi connectivity index (χ0) is 12.8. The van der Waals surface area contributed by atoms with Gasteiger partial charge in [-0.2, -0.15) is 0 Å². The van der Waals surface area contributed by atoms with Crippen LogP contribution in [-0.2, 0) is 4.79 Å². The van der Waals surface area contributed by atoms with E-state index in [1.165, 1.54) is 5.56 Å². The van der Waals surface area contributed by atoms with Gasteiger partial charge in [0.05, 0.1) is 6.04 Å². The minimum Gasteiger partial charge on any atom is -0.355 e. The third-order valence-electron chi connectivity index (χ3n) is 3.32. The Morgan fingerprint density at radius 3 is 2.78 bits per heavy atom. The summed E-state index contributed by atoms with van der Waals surface area (Å²) < 4.78 is 0. The van der Waals surface area contributed by atoms with Crippen LogP contribution in [0.2, 0.25) is 0 Å². The quantitative estimate of drug-likeness (QED) is 0.858. The number of likely N-dealkylation sites (N-methyl/N-ethyl adjacent to an activating group) is 1. The van der Waals surface area contributed by atoms with Crippen LogP contribution in [0.1, 0.15) is 18.9 Å². The van der Waals surface area contributed by atoms with E-state index < -0.39 is 0 Å². The van der Waals surface area contributed by atoms with Crippen molar-refractivity contribution in [2.24, 2.45) is 0 Å². The molecular formula is C15H20N2O. The number of carbonyl (C=O) groups is 1. The number of carbonyl (C=O) groups excluding carboxylic acids is 1. The molecule has 1 aromatic carbocycles. The average Bonchev–Trinajstić information content (AvgIpc) is 2.82. The smallest absolute Gasteiger partial charge is 0.237 e. The number of nitrogens with one attached hydrogen (secondary N) is 1. The molecule has 0 radical (unpaired) electrons. The predicted molar refractivity (Wildman–Crippen MR) is 74.1 cm³/mol. The summed E-state index contributed by atoms with van der Waals surface area (Å²) >= 11 is 0. The molecule has 0 unspecified atom stereocenters. The van der Waals surface area contributed by atoms with Crippen molar-refractivity contribution < 1.29 is 4.79 Å². The maximum absolute atomic E-state index is 11.6. The summed E-state index contributed by atoms with van der Waals surface area (Å²) in [7, 11) is 0. The van der Waals surface area contributed by atoms with Crippen LogP contribution in [0.5, 0.6) is 0 Å². The Morgan fingerprint density at radius 2 is 2.17 bits per heavy atom. The largest absolute Gasteiger partial charge is 0.355 e. The summed E-state index contributed by atoms with van der Waals surface area (Å²) in [5.74, 6) is 0.171. The van der Waals surface area contributed by atoms with E-state index in [-0.39, 0.29) is 11.9 Å². The number of hydrogen-bond acceptors (Lipinski definition) is 2. The molecule has 1 N–H and O–H groups in total. The number of rotatable bonds is 5. The maximum atomic E-state index is 11.6. The Labute approximate surface area is 108 Å². The maximum Gasteiger partial charge on any atom is 0.237 e. The molecule has 2 rings (SSSR count). The van der Waals surface area contributed by atoms with Gasteiger partial charge in [-0.05, 0) is 18.5 Å². The Hall–Kier alpha value is -1.61. The van der Waals surface area contributed by atoms with Crippen molar-refractivity contribution in [1.82, 2.24) is 10.2 Å². The first kappa shape index (κ1) is 12.8. The fourth-order valence-corrected chi connectivity index (χ4v) is 2.29. The molecule has 1 heterocycles. The summed E-state index contributed by atoms with van der Waals surface area (Å²) in [6, 6.07) is 10.3. The Balaban J connectivity index is 1.91. The van der Waals surface area contributed by atoms with E-state index in [0.717, 1.165) is 26.1 Å². The molecule has 0 aliphatic carbocycles. The predicted octanol–water partition coefficient (Wildman–Crippen LogP) is 1.91. The zero-order valence-corrected chi connectivity index (χ0v) is 10.8. The molecule has 3 nitrogen and oxygen atoms in total. The van der Waals surface area contributed by atoms with Gasteiger partial charge < -0.3 is 5.32 Å². The molecule has 0 bridgehead atoms. The van der Waals surface area contributed by atoms with Gasteiger partial charge in [0.1, 0.15) is 0 Å². The van der Waals surface area contributed by atoms with E-state index >= 15 is 0 Å². The molecular weight excluding hydrogens is 224 g/mol. The molecule has 1 aliphatic heterocycles. The topological polar surface area (TPSA) is 32.3 Å². The molecule has 0 spiro atoms. The second-order valence-electron chi connectivity index (χ2n) is 4.50. The first-order valence-corrected chi connectivity index (χ1v) is 6.54. The van der Waals surface area contributed by atoms with Crippen LogP contribution in [-0.4, -0.2) is 36.5 Å². The van der Waals surface area contributed by atoms with E-state index in [0.29, 0.717) is 0 Å². The number of hydrogen-bond donors (Lipinski definition) is 1. The van der Waals surface area contributed by atoms with Crippen LogP contribution in [0.4, 0.5) is 0 Å². The third kappa shape index (κ3) is 3.20. The van der Waals surface area contributed by atoms with Crippen LogP contribution in [0, 0.1) is 0 Å². The van der Waals surface area contributed by atoms with Gasteiger partial charge in [0.2, 0.25) is 5.91 Å². The molecule has 0 aromatic heterocycles. The lowest BCUT2D eigenvalue weighted by Crippen LogP contribution is -2.40. The number of benzene rings is 1. The SMILES string of the molecule is CCN(C/C=C/c1ccccc1)[C@@H]1CCNC1=O. The van der Waals surface area contributed by atoms with Gasteiger partial charge in [0, 0.05) is 13.1 Å². The lowest BCUT2D eigenvalue weighted by Gasteiger charge is -2.23. The third-order valence-corrected chi connectivity index (χ3v) is 3.32. The zero-order valence-electron chi connectivity index (χ0n) is 10.8. The fraction of sp³-hybridized carbons (Fsp3) is 0.400.